The van der Waals surface area contributed by atoms with Gasteiger partial charge in [-0.1, -0.05) is 0 Å². The van der Waals surface area contributed by atoms with Gasteiger partial charge in [0.05, 0.1) is 19.8 Å². The van der Waals surface area contributed by atoms with Crippen molar-refractivity contribution in [1.29, 1.82) is 0 Å². The molecule has 3 atom stereocenters. The van der Waals surface area contributed by atoms with Crippen LogP contribution in [0.4, 0.5) is 0 Å². The van der Waals surface area contributed by atoms with Crippen LogP contribution in [0.25, 0.3) is 0 Å². The van der Waals surface area contributed by atoms with E-state index >= 15 is 0 Å². The van der Waals surface area contributed by atoms with Gasteiger partial charge in [-0.2, -0.15) is 0 Å². The van der Waals surface area contributed by atoms with Crippen molar-refractivity contribution in [3.05, 3.63) is 0 Å². The molecule has 3 aliphatic rings. The van der Waals surface area contributed by atoms with E-state index in [4.69, 9.17) is 14.2 Å². The van der Waals surface area contributed by atoms with E-state index in [1.807, 2.05) is 0 Å². The molecule has 1 saturated heterocycles. The van der Waals surface area contributed by atoms with E-state index in [0.717, 1.165) is 32.0 Å². The summed E-state index contributed by atoms with van der Waals surface area (Å²) in [5.74, 6) is 1.64. The lowest BCUT2D eigenvalue weighted by Crippen LogP contribution is -2.52. The summed E-state index contributed by atoms with van der Waals surface area (Å²) >= 11 is 0. The van der Waals surface area contributed by atoms with E-state index in [1.165, 1.54) is 19.8 Å². The zero-order chi connectivity index (χ0) is 11.9. The van der Waals surface area contributed by atoms with Crippen LogP contribution in [0.3, 0.4) is 0 Å². The van der Waals surface area contributed by atoms with Crippen LogP contribution in [0.2, 0.25) is 0 Å². The second kappa shape index (κ2) is 4.25. The fourth-order valence-electron chi connectivity index (χ4n) is 3.77. The van der Waals surface area contributed by atoms with E-state index in [2.05, 4.69) is 0 Å². The van der Waals surface area contributed by atoms with Crippen LogP contribution < -0.4 is 0 Å². The number of esters is 1. The van der Waals surface area contributed by atoms with Crippen molar-refractivity contribution in [2.45, 2.75) is 38.4 Å². The van der Waals surface area contributed by atoms with Gasteiger partial charge in [-0.3, -0.25) is 4.79 Å². The second-order valence-electron chi connectivity index (χ2n) is 5.55. The van der Waals surface area contributed by atoms with Crippen molar-refractivity contribution >= 4 is 5.97 Å². The summed E-state index contributed by atoms with van der Waals surface area (Å²) in [6.45, 7) is 3.53. The first kappa shape index (κ1) is 11.5. The summed E-state index contributed by atoms with van der Waals surface area (Å²) in [6, 6.07) is 0. The highest BCUT2D eigenvalue weighted by molar-refractivity contribution is 5.65. The minimum absolute atomic E-state index is 0.176. The van der Waals surface area contributed by atoms with Gasteiger partial charge in [0.2, 0.25) is 0 Å². The lowest BCUT2D eigenvalue weighted by molar-refractivity contribution is -0.267. The quantitative estimate of drug-likeness (QED) is 0.705. The zero-order valence-corrected chi connectivity index (χ0v) is 10.3. The van der Waals surface area contributed by atoms with Crippen LogP contribution in [0.1, 0.15) is 32.6 Å². The van der Waals surface area contributed by atoms with Crippen LogP contribution in [-0.4, -0.2) is 31.6 Å². The molecule has 1 heterocycles. The summed E-state index contributed by atoms with van der Waals surface area (Å²) in [7, 11) is 0. The lowest BCUT2D eigenvalue weighted by Gasteiger charge is -2.47. The highest BCUT2D eigenvalue weighted by Crippen LogP contribution is 2.59. The number of ether oxygens (including phenoxy) is 3. The maximum atomic E-state index is 10.7. The van der Waals surface area contributed by atoms with Crippen LogP contribution in [0.5, 0.6) is 0 Å². The van der Waals surface area contributed by atoms with E-state index in [-0.39, 0.29) is 11.8 Å². The number of carbonyl (C=O) groups excluding carboxylic acids is 1. The summed E-state index contributed by atoms with van der Waals surface area (Å²) in [4.78, 5) is 10.7. The highest BCUT2D eigenvalue weighted by Gasteiger charge is 2.61. The van der Waals surface area contributed by atoms with Crippen molar-refractivity contribution < 1.29 is 19.0 Å². The molecule has 2 aliphatic carbocycles. The maximum Gasteiger partial charge on any atom is 0.302 e. The van der Waals surface area contributed by atoms with Crippen LogP contribution in [-0.2, 0) is 19.0 Å². The molecule has 0 unspecified atom stereocenters. The van der Waals surface area contributed by atoms with E-state index < -0.39 is 0 Å². The third-order valence-corrected chi connectivity index (χ3v) is 4.51. The monoisotopic (exact) mass is 240 g/mol. The Morgan fingerprint density at radius 3 is 2.82 bits per heavy atom. The third kappa shape index (κ3) is 1.97. The van der Waals surface area contributed by atoms with Gasteiger partial charge in [-0.15, -0.1) is 0 Å². The van der Waals surface area contributed by atoms with E-state index in [9.17, 15) is 4.79 Å². The fourth-order valence-corrected chi connectivity index (χ4v) is 3.77. The molecule has 4 nitrogen and oxygen atoms in total. The largest absolute Gasteiger partial charge is 0.466 e. The molecular formula is C13H20O4. The SMILES string of the molecule is CC(=O)OCC[C@@H]1C[C@@H]2CC3(OCCO3)[C@@H]2C1. The summed E-state index contributed by atoms with van der Waals surface area (Å²) in [6.07, 6.45) is 4.48. The Balaban J connectivity index is 1.48. The molecule has 0 aromatic carbocycles. The Bertz CT molecular complexity index is 309. The van der Waals surface area contributed by atoms with Gasteiger partial charge in [-0.05, 0) is 31.1 Å². The molecule has 17 heavy (non-hydrogen) atoms. The Morgan fingerprint density at radius 2 is 2.12 bits per heavy atom. The van der Waals surface area contributed by atoms with Crippen LogP contribution in [0.15, 0.2) is 0 Å². The summed E-state index contributed by atoms with van der Waals surface area (Å²) < 4.78 is 16.6. The molecule has 2 saturated carbocycles. The molecule has 0 aromatic heterocycles. The normalized spacial score (nSPS) is 37.8. The van der Waals surface area contributed by atoms with Crippen molar-refractivity contribution in [1.82, 2.24) is 0 Å². The Labute approximate surface area is 102 Å². The first-order valence-corrected chi connectivity index (χ1v) is 6.61. The van der Waals surface area contributed by atoms with Gasteiger partial charge in [0.25, 0.3) is 0 Å². The van der Waals surface area contributed by atoms with Gasteiger partial charge < -0.3 is 14.2 Å². The average Bonchev–Trinajstić information content (AvgIpc) is 2.84. The molecule has 3 rings (SSSR count). The Hall–Kier alpha value is -0.610. The van der Waals surface area contributed by atoms with Crippen molar-refractivity contribution in [3.63, 3.8) is 0 Å². The maximum absolute atomic E-state index is 10.7. The minimum atomic E-state index is -0.221. The molecule has 0 amide bonds. The van der Waals surface area contributed by atoms with Crippen molar-refractivity contribution in [2.24, 2.45) is 17.8 Å². The molecule has 3 fully saturated rings. The topological polar surface area (TPSA) is 44.8 Å². The number of hydrogen-bond acceptors (Lipinski definition) is 4. The number of carbonyl (C=O) groups is 1. The fraction of sp³-hybridized carbons (Fsp3) is 0.923. The van der Waals surface area contributed by atoms with Gasteiger partial charge >= 0.3 is 5.97 Å². The second-order valence-corrected chi connectivity index (χ2v) is 5.55. The van der Waals surface area contributed by atoms with Gasteiger partial charge in [0.15, 0.2) is 5.79 Å². The third-order valence-electron chi connectivity index (χ3n) is 4.51. The molecule has 0 bridgehead atoms. The standard InChI is InChI=1S/C13H20O4/c1-9(14)15-3-2-10-6-11-8-13(12(11)7-10)16-4-5-17-13/h10-12H,2-8H2,1H3/t10-,11-,12-/m1/s1. The minimum Gasteiger partial charge on any atom is -0.466 e. The first-order valence-electron chi connectivity index (χ1n) is 6.61. The van der Waals surface area contributed by atoms with Gasteiger partial charge in [0, 0.05) is 19.3 Å². The predicted octanol–water partition coefficient (Wildman–Crippen LogP) is 1.73. The number of hydrogen-bond donors (Lipinski definition) is 0. The molecule has 4 heteroatoms. The van der Waals surface area contributed by atoms with Crippen LogP contribution >= 0.6 is 0 Å². The molecule has 0 N–H and O–H groups in total. The number of fused-ring (bicyclic) bond motifs is 2. The summed E-state index contributed by atoms with van der Waals surface area (Å²) in [5, 5.41) is 0. The Morgan fingerprint density at radius 1 is 1.35 bits per heavy atom. The molecule has 0 aromatic rings. The lowest BCUT2D eigenvalue weighted by atomic mass is 9.70. The molecule has 0 radical (unpaired) electrons. The molecule has 1 spiro atoms. The summed E-state index contributed by atoms with van der Waals surface area (Å²) in [5.41, 5.74) is 0. The van der Waals surface area contributed by atoms with Crippen molar-refractivity contribution in [3.8, 4) is 0 Å². The first-order chi connectivity index (χ1) is 8.20. The van der Waals surface area contributed by atoms with Gasteiger partial charge in [-0.25, -0.2) is 0 Å². The number of rotatable bonds is 3. The van der Waals surface area contributed by atoms with Crippen molar-refractivity contribution in [2.75, 3.05) is 19.8 Å². The Kier molecular flexibility index (Phi) is 2.87. The van der Waals surface area contributed by atoms with Crippen LogP contribution in [0, 0.1) is 17.8 Å². The highest BCUT2D eigenvalue weighted by atomic mass is 16.7. The molecule has 96 valence electrons. The molecular weight excluding hydrogens is 220 g/mol. The predicted molar refractivity (Wildman–Crippen MR) is 60.2 cm³/mol. The smallest absolute Gasteiger partial charge is 0.302 e. The van der Waals surface area contributed by atoms with E-state index in [1.54, 1.807) is 0 Å². The average molecular weight is 240 g/mol. The zero-order valence-electron chi connectivity index (χ0n) is 10.3. The van der Waals surface area contributed by atoms with E-state index in [0.29, 0.717) is 18.4 Å². The molecule has 1 aliphatic heterocycles. The van der Waals surface area contributed by atoms with Gasteiger partial charge in [0.1, 0.15) is 0 Å².